The van der Waals surface area contributed by atoms with Crippen molar-refractivity contribution in [2.75, 3.05) is 6.54 Å². The molecule has 0 fully saturated rings. The summed E-state index contributed by atoms with van der Waals surface area (Å²) in [5.74, 6) is 0.297. The number of nitriles is 1. The monoisotopic (exact) mass is 365 g/mol. The molecule has 0 aliphatic carbocycles. The van der Waals surface area contributed by atoms with Crippen molar-refractivity contribution < 1.29 is 8.42 Å². The van der Waals surface area contributed by atoms with Gasteiger partial charge in [0.25, 0.3) is 0 Å². The van der Waals surface area contributed by atoms with E-state index in [1.54, 1.807) is 6.92 Å². The molecular formula is C14H21Cl2N3O2S. The number of hydrogen-bond donors (Lipinski definition) is 2. The lowest BCUT2D eigenvalue weighted by molar-refractivity contribution is 0.344. The van der Waals surface area contributed by atoms with E-state index in [1.807, 2.05) is 19.9 Å². The van der Waals surface area contributed by atoms with E-state index in [0.29, 0.717) is 12.3 Å². The first kappa shape index (κ1) is 21.2. The maximum Gasteiger partial charge on any atom is 0.241 e. The summed E-state index contributed by atoms with van der Waals surface area (Å²) in [6.45, 7) is 5.96. The molecule has 0 saturated carbocycles. The summed E-state index contributed by atoms with van der Waals surface area (Å²) < 4.78 is 27.5. The Morgan fingerprint density at radius 2 is 2.05 bits per heavy atom. The van der Waals surface area contributed by atoms with Crippen molar-refractivity contribution in [2.45, 2.75) is 37.6 Å². The molecule has 22 heavy (non-hydrogen) atoms. The first-order valence-electron chi connectivity index (χ1n) is 6.57. The zero-order valence-corrected chi connectivity index (χ0v) is 15.1. The van der Waals surface area contributed by atoms with Crippen LogP contribution in [-0.4, -0.2) is 20.5 Å². The topological polar surface area (TPSA) is 96.0 Å². The fourth-order valence-corrected chi connectivity index (χ4v) is 3.95. The number of nitrogens with one attached hydrogen (secondary N) is 1. The highest BCUT2D eigenvalue weighted by Crippen LogP contribution is 2.23. The first-order chi connectivity index (χ1) is 9.63. The lowest BCUT2D eigenvalue weighted by Gasteiger charge is -2.30. The summed E-state index contributed by atoms with van der Waals surface area (Å²) in [5, 5.41) is 8.93. The van der Waals surface area contributed by atoms with Gasteiger partial charge in [-0.1, -0.05) is 25.4 Å². The van der Waals surface area contributed by atoms with Gasteiger partial charge < -0.3 is 5.73 Å². The minimum Gasteiger partial charge on any atom is -0.329 e. The van der Waals surface area contributed by atoms with Crippen LogP contribution in [0.5, 0.6) is 0 Å². The van der Waals surface area contributed by atoms with Crippen molar-refractivity contribution in [1.29, 1.82) is 5.26 Å². The smallest absolute Gasteiger partial charge is 0.241 e. The maximum atomic E-state index is 12.4. The van der Waals surface area contributed by atoms with Crippen LogP contribution in [0.25, 0.3) is 0 Å². The third-order valence-electron chi connectivity index (χ3n) is 3.06. The Labute approximate surface area is 143 Å². The van der Waals surface area contributed by atoms with E-state index >= 15 is 0 Å². The maximum absolute atomic E-state index is 12.4. The van der Waals surface area contributed by atoms with Crippen molar-refractivity contribution in [3.8, 4) is 6.07 Å². The molecule has 3 N–H and O–H groups in total. The zero-order valence-electron chi connectivity index (χ0n) is 12.8. The molecule has 0 radical (unpaired) electrons. The molecule has 0 aromatic heterocycles. The van der Waals surface area contributed by atoms with Gasteiger partial charge in [-0.3, -0.25) is 0 Å². The van der Waals surface area contributed by atoms with E-state index in [2.05, 4.69) is 4.72 Å². The van der Waals surface area contributed by atoms with Crippen LogP contribution in [-0.2, 0) is 10.0 Å². The van der Waals surface area contributed by atoms with E-state index in [-0.39, 0.29) is 34.4 Å². The van der Waals surface area contributed by atoms with Gasteiger partial charge in [-0.05, 0) is 37.5 Å². The molecule has 1 atom stereocenters. The van der Waals surface area contributed by atoms with Crippen LogP contribution in [0.2, 0.25) is 5.02 Å². The number of halogens is 2. The summed E-state index contributed by atoms with van der Waals surface area (Å²) in [7, 11) is -3.75. The number of nitrogens with zero attached hydrogens (tertiary/aromatic N) is 1. The van der Waals surface area contributed by atoms with Crippen molar-refractivity contribution in [2.24, 2.45) is 11.7 Å². The number of sulfonamides is 1. The first-order valence-corrected chi connectivity index (χ1v) is 8.43. The molecule has 8 heteroatoms. The van der Waals surface area contributed by atoms with Crippen molar-refractivity contribution in [3.05, 3.63) is 28.8 Å². The summed E-state index contributed by atoms with van der Waals surface area (Å²) in [4.78, 5) is 0.0231. The highest BCUT2D eigenvalue weighted by molar-refractivity contribution is 7.89. The second-order valence-corrected chi connectivity index (χ2v) is 7.81. The van der Waals surface area contributed by atoms with Gasteiger partial charge in [0.05, 0.1) is 15.5 Å². The largest absolute Gasteiger partial charge is 0.329 e. The fourth-order valence-electron chi connectivity index (χ4n) is 2.20. The van der Waals surface area contributed by atoms with Crippen LogP contribution >= 0.6 is 24.0 Å². The summed E-state index contributed by atoms with van der Waals surface area (Å²) in [6, 6.07) is 5.91. The number of hydrogen-bond acceptors (Lipinski definition) is 4. The molecule has 1 aromatic carbocycles. The number of rotatable bonds is 6. The van der Waals surface area contributed by atoms with Crippen LogP contribution in [0.15, 0.2) is 23.1 Å². The molecule has 0 aliphatic heterocycles. The Morgan fingerprint density at radius 3 is 2.45 bits per heavy atom. The minimum absolute atomic E-state index is 0. The fraction of sp³-hybridized carbons (Fsp3) is 0.500. The van der Waals surface area contributed by atoms with Crippen LogP contribution < -0.4 is 10.5 Å². The predicted octanol–water partition coefficient (Wildman–Crippen LogP) is 2.68. The van der Waals surface area contributed by atoms with Gasteiger partial charge in [-0.25, -0.2) is 13.1 Å². The van der Waals surface area contributed by atoms with Gasteiger partial charge in [0.1, 0.15) is 6.07 Å². The molecule has 0 bridgehead atoms. The van der Waals surface area contributed by atoms with Gasteiger partial charge in [-0.2, -0.15) is 5.26 Å². The van der Waals surface area contributed by atoms with Crippen LogP contribution in [0.1, 0.15) is 32.8 Å². The third kappa shape index (κ3) is 5.41. The van der Waals surface area contributed by atoms with Crippen molar-refractivity contribution >= 4 is 34.0 Å². The highest BCUT2D eigenvalue weighted by Gasteiger charge is 2.30. The Kier molecular flexibility index (Phi) is 7.83. The Hall–Kier alpha value is -0.840. The molecule has 0 spiro atoms. The molecule has 1 aromatic rings. The normalized spacial score (nSPS) is 14.0. The van der Waals surface area contributed by atoms with E-state index < -0.39 is 15.6 Å². The van der Waals surface area contributed by atoms with Gasteiger partial charge >= 0.3 is 0 Å². The van der Waals surface area contributed by atoms with Crippen LogP contribution in [0, 0.1) is 17.2 Å². The average molecular weight is 366 g/mol. The number of benzene rings is 1. The third-order valence-corrected chi connectivity index (χ3v) is 5.01. The quantitative estimate of drug-likeness (QED) is 0.809. The average Bonchev–Trinajstić information content (AvgIpc) is 2.37. The Morgan fingerprint density at radius 1 is 1.45 bits per heavy atom. The predicted molar refractivity (Wildman–Crippen MR) is 90.7 cm³/mol. The Balaban J connectivity index is 0.00000441. The SMILES string of the molecule is CC(C)CC(C)(CN)NS(=O)(=O)c1ccc(C#N)c(Cl)c1.Cl. The Bertz CT molecular complexity index is 657. The molecule has 1 unspecified atom stereocenters. The van der Waals surface area contributed by atoms with Crippen LogP contribution in [0.3, 0.4) is 0 Å². The van der Waals surface area contributed by atoms with E-state index in [1.165, 1.54) is 18.2 Å². The molecule has 0 saturated heterocycles. The zero-order chi connectivity index (χ0) is 16.3. The van der Waals surface area contributed by atoms with Gasteiger partial charge in [0.15, 0.2) is 0 Å². The molecule has 124 valence electrons. The second-order valence-electron chi connectivity index (χ2n) is 5.72. The van der Waals surface area contributed by atoms with E-state index in [9.17, 15) is 8.42 Å². The highest BCUT2D eigenvalue weighted by atomic mass is 35.5. The van der Waals surface area contributed by atoms with E-state index in [0.717, 1.165) is 0 Å². The summed E-state index contributed by atoms with van der Waals surface area (Å²) in [6.07, 6.45) is 0.618. The summed E-state index contributed by atoms with van der Waals surface area (Å²) >= 11 is 5.89. The lowest BCUT2D eigenvalue weighted by atomic mass is 9.92. The molecular weight excluding hydrogens is 345 g/mol. The van der Waals surface area contributed by atoms with Gasteiger partial charge in [0.2, 0.25) is 10.0 Å². The molecule has 0 aliphatic rings. The second kappa shape index (κ2) is 8.14. The molecule has 0 amide bonds. The molecule has 1 rings (SSSR count). The molecule has 0 heterocycles. The van der Waals surface area contributed by atoms with Gasteiger partial charge in [0, 0.05) is 12.1 Å². The number of nitrogens with two attached hydrogens (primary N) is 1. The van der Waals surface area contributed by atoms with Crippen LogP contribution in [0.4, 0.5) is 0 Å². The summed E-state index contributed by atoms with van der Waals surface area (Å²) in [5.41, 5.74) is 5.23. The van der Waals surface area contributed by atoms with E-state index in [4.69, 9.17) is 22.6 Å². The minimum atomic E-state index is -3.75. The van der Waals surface area contributed by atoms with Crippen molar-refractivity contribution in [1.82, 2.24) is 4.72 Å². The van der Waals surface area contributed by atoms with Gasteiger partial charge in [-0.15, -0.1) is 12.4 Å². The molecule has 5 nitrogen and oxygen atoms in total. The van der Waals surface area contributed by atoms with Crippen molar-refractivity contribution in [3.63, 3.8) is 0 Å². The lowest BCUT2D eigenvalue weighted by Crippen LogP contribution is -2.51. The standard InChI is InChI=1S/C14H20ClN3O2S.ClH/c1-10(2)7-14(3,9-17)18-21(19,20)12-5-4-11(8-16)13(15)6-12;/h4-6,10,18H,7,9,17H2,1-3H3;1H.